The third-order valence-corrected chi connectivity index (χ3v) is 5.69. The molecule has 6 nitrogen and oxygen atoms in total. The van der Waals surface area contributed by atoms with Crippen molar-refractivity contribution in [2.24, 2.45) is 0 Å². The Morgan fingerprint density at radius 2 is 2.14 bits per heavy atom. The van der Waals surface area contributed by atoms with Gasteiger partial charge in [0.1, 0.15) is 11.4 Å². The van der Waals surface area contributed by atoms with E-state index in [2.05, 4.69) is 20.7 Å². The molecule has 0 amide bonds. The van der Waals surface area contributed by atoms with Crippen LogP contribution in [0, 0.1) is 5.82 Å². The van der Waals surface area contributed by atoms with Crippen molar-refractivity contribution >= 4 is 49.2 Å². The standard InChI is InChI=1S/C11H13BrClFN2O4S/c1-3-20-8(17)5-16(2)21(18,19)7-4-6(13)9(12)11(15)10(7)14/h4H,3,5,15H2,1-2H3. The van der Waals surface area contributed by atoms with Crippen molar-refractivity contribution in [1.82, 2.24) is 4.31 Å². The van der Waals surface area contributed by atoms with Gasteiger partial charge in [0.05, 0.1) is 21.8 Å². The first kappa shape index (κ1) is 18.1. The highest BCUT2D eigenvalue weighted by molar-refractivity contribution is 9.10. The fourth-order valence-corrected chi connectivity index (χ4v) is 3.21. The van der Waals surface area contributed by atoms with Crippen LogP contribution >= 0.6 is 27.5 Å². The number of carbonyl (C=O) groups is 1. The van der Waals surface area contributed by atoms with E-state index < -0.39 is 38.9 Å². The number of likely N-dealkylation sites (N-methyl/N-ethyl adjacent to an activating group) is 1. The number of sulfonamides is 1. The summed E-state index contributed by atoms with van der Waals surface area (Å²) in [5.74, 6) is -1.89. The van der Waals surface area contributed by atoms with E-state index in [4.69, 9.17) is 17.3 Å². The zero-order valence-corrected chi connectivity index (χ0v) is 14.3. The van der Waals surface area contributed by atoms with Crippen LogP contribution in [0.2, 0.25) is 5.02 Å². The van der Waals surface area contributed by atoms with Crippen LogP contribution in [0.4, 0.5) is 10.1 Å². The zero-order chi connectivity index (χ0) is 16.4. The van der Waals surface area contributed by atoms with Gasteiger partial charge in [-0.3, -0.25) is 4.79 Å². The van der Waals surface area contributed by atoms with Crippen LogP contribution in [0.3, 0.4) is 0 Å². The lowest BCUT2D eigenvalue weighted by atomic mass is 10.3. The van der Waals surface area contributed by atoms with Gasteiger partial charge in [-0.15, -0.1) is 0 Å². The molecule has 0 aromatic heterocycles. The van der Waals surface area contributed by atoms with Crippen molar-refractivity contribution in [2.75, 3.05) is 25.9 Å². The van der Waals surface area contributed by atoms with Crippen LogP contribution < -0.4 is 5.73 Å². The lowest BCUT2D eigenvalue weighted by Crippen LogP contribution is -2.33. The molecular formula is C11H13BrClFN2O4S. The highest BCUT2D eigenvalue weighted by Gasteiger charge is 2.29. The number of hydrogen-bond acceptors (Lipinski definition) is 5. The molecule has 0 aliphatic rings. The lowest BCUT2D eigenvalue weighted by Gasteiger charge is -2.18. The first-order valence-electron chi connectivity index (χ1n) is 5.67. The molecule has 0 bridgehead atoms. The molecule has 0 heterocycles. The minimum Gasteiger partial charge on any atom is -0.465 e. The molecule has 0 saturated heterocycles. The van der Waals surface area contributed by atoms with E-state index >= 15 is 0 Å². The number of anilines is 1. The molecule has 0 radical (unpaired) electrons. The van der Waals surface area contributed by atoms with E-state index in [1.165, 1.54) is 0 Å². The van der Waals surface area contributed by atoms with E-state index in [-0.39, 0.29) is 16.1 Å². The highest BCUT2D eigenvalue weighted by Crippen LogP contribution is 2.35. The van der Waals surface area contributed by atoms with E-state index in [0.29, 0.717) is 4.31 Å². The predicted molar refractivity (Wildman–Crippen MR) is 80.0 cm³/mol. The molecular weight excluding hydrogens is 391 g/mol. The van der Waals surface area contributed by atoms with Gasteiger partial charge in [0, 0.05) is 7.05 Å². The Bertz CT molecular complexity index is 669. The number of hydrogen-bond donors (Lipinski definition) is 1. The van der Waals surface area contributed by atoms with Gasteiger partial charge >= 0.3 is 5.97 Å². The number of carbonyl (C=O) groups excluding carboxylic acids is 1. The van der Waals surface area contributed by atoms with Crippen LogP contribution in [0.5, 0.6) is 0 Å². The van der Waals surface area contributed by atoms with Gasteiger partial charge in [0.15, 0.2) is 5.82 Å². The minimum atomic E-state index is -4.27. The van der Waals surface area contributed by atoms with Crippen molar-refractivity contribution in [2.45, 2.75) is 11.8 Å². The SMILES string of the molecule is CCOC(=O)CN(C)S(=O)(=O)c1cc(Cl)c(Br)c(N)c1F. The van der Waals surface area contributed by atoms with Crippen LogP contribution in [0.25, 0.3) is 0 Å². The number of nitrogens with zero attached hydrogens (tertiary/aromatic N) is 1. The van der Waals surface area contributed by atoms with Gasteiger partial charge in [0.25, 0.3) is 0 Å². The summed E-state index contributed by atoms with van der Waals surface area (Å²) in [5, 5.41) is -0.0583. The van der Waals surface area contributed by atoms with Crippen LogP contribution in [-0.4, -0.2) is 38.9 Å². The maximum Gasteiger partial charge on any atom is 0.321 e. The first-order valence-corrected chi connectivity index (χ1v) is 8.29. The summed E-state index contributed by atoms with van der Waals surface area (Å²) in [5.41, 5.74) is 5.02. The minimum absolute atomic E-state index is 0.0583. The van der Waals surface area contributed by atoms with E-state index in [9.17, 15) is 17.6 Å². The van der Waals surface area contributed by atoms with Crippen LogP contribution in [-0.2, 0) is 19.6 Å². The van der Waals surface area contributed by atoms with Crippen LogP contribution in [0.15, 0.2) is 15.4 Å². The van der Waals surface area contributed by atoms with Crippen molar-refractivity contribution in [3.63, 3.8) is 0 Å². The van der Waals surface area contributed by atoms with Gasteiger partial charge in [-0.1, -0.05) is 11.6 Å². The Morgan fingerprint density at radius 1 is 1.57 bits per heavy atom. The van der Waals surface area contributed by atoms with E-state index in [1.54, 1.807) is 6.92 Å². The van der Waals surface area contributed by atoms with Crippen molar-refractivity contribution in [3.8, 4) is 0 Å². The molecule has 0 aliphatic carbocycles. The Morgan fingerprint density at radius 3 is 2.67 bits per heavy atom. The topological polar surface area (TPSA) is 89.7 Å². The number of halogens is 3. The van der Waals surface area contributed by atoms with Crippen molar-refractivity contribution in [3.05, 3.63) is 21.4 Å². The second-order valence-electron chi connectivity index (χ2n) is 3.96. The van der Waals surface area contributed by atoms with Gasteiger partial charge in [-0.2, -0.15) is 4.31 Å². The molecule has 21 heavy (non-hydrogen) atoms. The number of esters is 1. The molecule has 10 heteroatoms. The molecule has 0 fully saturated rings. The van der Waals surface area contributed by atoms with E-state index in [0.717, 1.165) is 13.1 Å². The van der Waals surface area contributed by atoms with Crippen LogP contribution in [0.1, 0.15) is 6.92 Å². The van der Waals surface area contributed by atoms with Gasteiger partial charge < -0.3 is 10.5 Å². The summed E-state index contributed by atoms with van der Waals surface area (Å²) in [7, 11) is -3.15. The number of ether oxygens (including phenoxy) is 1. The molecule has 0 saturated carbocycles. The maximum atomic E-state index is 14.0. The Labute approximate surface area is 135 Å². The average molecular weight is 404 g/mol. The molecule has 118 valence electrons. The molecule has 2 N–H and O–H groups in total. The molecule has 1 aromatic rings. The highest BCUT2D eigenvalue weighted by atomic mass is 79.9. The fraction of sp³-hybridized carbons (Fsp3) is 0.364. The molecule has 0 unspecified atom stereocenters. The van der Waals surface area contributed by atoms with E-state index in [1.807, 2.05) is 0 Å². The summed E-state index contributed by atoms with van der Waals surface area (Å²) in [4.78, 5) is 10.6. The molecule has 0 atom stereocenters. The molecule has 0 aliphatic heterocycles. The summed E-state index contributed by atoms with van der Waals surface area (Å²) < 4.78 is 43.9. The largest absolute Gasteiger partial charge is 0.465 e. The van der Waals surface area contributed by atoms with Crippen molar-refractivity contribution in [1.29, 1.82) is 0 Å². The second-order valence-corrected chi connectivity index (χ2v) is 7.18. The third kappa shape index (κ3) is 3.85. The lowest BCUT2D eigenvalue weighted by molar-refractivity contribution is -0.143. The third-order valence-electron chi connectivity index (χ3n) is 2.50. The van der Waals surface area contributed by atoms with Gasteiger partial charge in [-0.25, -0.2) is 12.8 Å². The second kappa shape index (κ2) is 6.91. The summed E-state index contributed by atoms with van der Waals surface area (Å²) in [6, 6.07) is 0.925. The fourth-order valence-electron chi connectivity index (χ4n) is 1.43. The normalized spacial score (nSPS) is 11.7. The Hall–Kier alpha value is -0.900. The first-order chi connectivity index (χ1) is 9.62. The molecule has 1 aromatic carbocycles. The zero-order valence-electron chi connectivity index (χ0n) is 11.2. The summed E-state index contributed by atoms with van der Waals surface area (Å²) in [6.45, 7) is 1.14. The molecule has 1 rings (SSSR count). The Balaban J connectivity index is 3.23. The monoisotopic (exact) mass is 402 g/mol. The summed E-state index contributed by atoms with van der Waals surface area (Å²) >= 11 is 8.74. The predicted octanol–water partition coefficient (Wildman–Crippen LogP) is 2.01. The van der Waals surface area contributed by atoms with Gasteiger partial charge in [0.2, 0.25) is 10.0 Å². The molecule has 0 spiro atoms. The quantitative estimate of drug-likeness (QED) is 0.461. The Kier molecular flexibility index (Phi) is 5.97. The number of nitrogen functional groups attached to an aromatic ring is 1. The maximum absolute atomic E-state index is 14.0. The average Bonchev–Trinajstić information content (AvgIpc) is 2.40. The smallest absolute Gasteiger partial charge is 0.321 e. The summed E-state index contributed by atoms with van der Waals surface area (Å²) in [6.07, 6.45) is 0. The number of benzene rings is 1. The number of rotatable bonds is 5. The van der Waals surface area contributed by atoms with Gasteiger partial charge in [-0.05, 0) is 28.9 Å². The number of nitrogens with two attached hydrogens (primary N) is 1. The van der Waals surface area contributed by atoms with Crippen molar-refractivity contribution < 1.29 is 22.3 Å².